The first-order valence-electron chi connectivity index (χ1n) is 13.4. The summed E-state index contributed by atoms with van der Waals surface area (Å²) in [7, 11) is 0. The molecular weight excluding hydrogens is 449 g/mol. The Bertz CT molecular complexity index is 898. The van der Waals surface area contributed by atoms with Crippen molar-refractivity contribution in [2.45, 2.75) is 103 Å². The van der Waals surface area contributed by atoms with Crippen LogP contribution in [0, 0.1) is 5.92 Å². The summed E-state index contributed by atoms with van der Waals surface area (Å²) in [6.07, 6.45) is 10.6. The molecule has 1 atom stereocenters. The third-order valence-electron chi connectivity index (χ3n) is 7.40. The Balaban J connectivity index is 1.66. The maximum atomic E-state index is 13.0. The Morgan fingerprint density at radius 1 is 1.03 bits per heavy atom. The quantitative estimate of drug-likeness (QED) is 0.304. The van der Waals surface area contributed by atoms with E-state index in [0.717, 1.165) is 42.6 Å². The fraction of sp³-hybridized carbons (Fsp3) is 0.621. The Morgan fingerprint density at radius 2 is 1.77 bits per heavy atom. The number of nitrogens with one attached hydrogen (secondary N) is 2. The van der Waals surface area contributed by atoms with Gasteiger partial charge in [-0.3, -0.25) is 4.79 Å². The molecule has 1 saturated carbocycles. The van der Waals surface area contributed by atoms with Gasteiger partial charge in [-0.25, -0.2) is 0 Å². The summed E-state index contributed by atoms with van der Waals surface area (Å²) in [5.74, 6) is 0.348. The van der Waals surface area contributed by atoms with Crippen LogP contribution in [-0.2, 0) is 4.79 Å². The van der Waals surface area contributed by atoms with Gasteiger partial charge >= 0.3 is 6.18 Å². The molecule has 3 nitrogen and oxygen atoms in total. The van der Waals surface area contributed by atoms with Crippen molar-refractivity contribution < 1.29 is 18.0 Å². The second-order valence-electron chi connectivity index (χ2n) is 10.2. The van der Waals surface area contributed by atoms with E-state index in [4.69, 9.17) is 0 Å². The second kappa shape index (κ2) is 13.2. The zero-order valence-electron chi connectivity index (χ0n) is 21.3. The zero-order chi connectivity index (χ0) is 25.3. The predicted molar refractivity (Wildman–Crippen MR) is 139 cm³/mol. The number of rotatable bonds is 11. The second-order valence-corrected chi connectivity index (χ2v) is 10.2. The lowest BCUT2D eigenvalue weighted by molar-refractivity contribution is -0.116. The summed E-state index contributed by atoms with van der Waals surface area (Å²) < 4.78 is 39.1. The number of carbonyl (C=O) groups is 1. The van der Waals surface area contributed by atoms with Crippen LogP contribution in [0.5, 0.6) is 0 Å². The van der Waals surface area contributed by atoms with Gasteiger partial charge in [0, 0.05) is 29.9 Å². The third-order valence-corrected chi connectivity index (χ3v) is 7.40. The molecule has 1 fully saturated rings. The number of hydrogen-bond acceptors (Lipinski definition) is 2. The lowest BCUT2D eigenvalue weighted by Gasteiger charge is -2.26. The smallest absolute Gasteiger partial charge is 0.381 e. The minimum atomic E-state index is -4.26. The van der Waals surface area contributed by atoms with Gasteiger partial charge in [0.1, 0.15) is 0 Å². The van der Waals surface area contributed by atoms with Crippen LogP contribution >= 0.6 is 0 Å². The zero-order valence-corrected chi connectivity index (χ0v) is 21.3. The Kier molecular flexibility index (Phi) is 10.3. The summed E-state index contributed by atoms with van der Waals surface area (Å²) in [4.78, 5) is 12.6. The molecule has 1 amide bonds. The van der Waals surface area contributed by atoms with E-state index in [2.05, 4.69) is 23.6 Å². The van der Waals surface area contributed by atoms with Gasteiger partial charge in [-0.15, -0.1) is 0 Å². The number of carbonyl (C=O) groups excluding carboxylic acids is 1. The van der Waals surface area contributed by atoms with Crippen molar-refractivity contribution in [2.24, 2.45) is 5.92 Å². The monoisotopic (exact) mass is 490 g/mol. The van der Waals surface area contributed by atoms with Crippen LogP contribution in [0.1, 0.15) is 102 Å². The minimum absolute atomic E-state index is 0.0216. The lowest BCUT2D eigenvalue weighted by Crippen LogP contribution is -2.20. The summed E-state index contributed by atoms with van der Waals surface area (Å²) in [5, 5.41) is 6.59. The molecule has 1 aromatic carbocycles. The molecule has 0 radical (unpaired) electrons. The van der Waals surface area contributed by atoms with Gasteiger partial charge in [-0.05, 0) is 66.9 Å². The molecule has 35 heavy (non-hydrogen) atoms. The van der Waals surface area contributed by atoms with Crippen molar-refractivity contribution in [3.05, 3.63) is 47.1 Å². The van der Waals surface area contributed by atoms with Crippen molar-refractivity contribution in [3.8, 4) is 0 Å². The minimum Gasteiger partial charge on any atom is -0.381 e. The average Bonchev–Trinajstić information content (AvgIpc) is 2.83. The molecule has 0 aromatic heterocycles. The van der Waals surface area contributed by atoms with E-state index in [1.165, 1.54) is 50.2 Å². The van der Waals surface area contributed by atoms with Crippen LogP contribution in [0.2, 0.25) is 0 Å². The van der Waals surface area contributed by atoms with Crippen LogP contribution in [0.4, 0.5) is 24.5 Å². The van der Waals surface area contributed by atoms with Crippen LogP contribution in [0.25, 0.3) is 0 Å². The van der Waals surface area contributed by atoms with E-state index in [9.17, 15) is 18.0 Å². The number of halogens is 3. The van der Waals surface area contributed by atoms with Crippen molar-refractivity contribution >= 4 is 17.3 Å². The molecule has 1 unspecified atom stereocenters. The summed E-state index contributed by atoms with van der Waals surface area (Å²) in [6.45, 7) is 4.54. The number of hydrogen-bond donors (Lipinski definition) is 2. The van der Waals surface area contributed by atoms with Crippen LogP contribution in [0.3, 0.4) is 0 Å². The van der Waals surface area contributed by atoms with Crippen molar-refractivity contribution in [3.63, 3.8) is 0 Å². The number of allylic oxidation sites excluding steroid dienone is 3. The Labute approximate surface area is 208 Å². The molecular formula is C29H41F3N2O. The van der Waals surface area contributed by atoms with Gasteiger partial charge in [0.2, 0.25) is 5.91 Å². The van der Waals surface area contributed by atoms with Crippen LogP contribution < -0.4 is 10.6 Å². The van der Waals surface area contributed by atoms with Gasteiger partial charge in [-0.1, -0.05) is 70.9 Å². The SMILES string of the molecule is CCCCCCCC(=O)Nc1ccc(NCC2=CC=C(C(F)(F)F)CC2C)cc1C1CCCCC1. The normalized spacial score (nSPS) is 19.2. The predicted octanol–water partition coefficient (Wildman–Crippen LogP) is 8.90. The topological polar surface area (TPSA) is 41.1 Å². The van der Waals surface area contributed by atoms with E-state index >= 15 is 0 Å². The van der Waals surface area contributed by atoms with E-state index in [1.54, 1.807) is 6.08 Å². The number of anilines is 2. The number of unbranched alkanes of at least 4 members (excludes halogenated alkanes) is 4. The van der Waals surface area contributed by atoms with Gasteiger partial charge in [0.25, 0.3) is 0 Å². The van der Waals surface area contributed by atoms with Gasteiger partial charge in [0.15, 0.2) is 0 Å². The van der Waals surface area contributed by atoms with E-state index in [1.807, 2.05) is 19.1 Å². The highest BCUT2D eigenvalue weighted by atomic mass is 19.4. The first-order chi connectivity index (χ1) is 16.8. The lowest BCUT2D eigenvalue weighted by atomic mass is 9.83. The maximum Gasteiger partial charge on any atom is 0.412 e. The van der Waals surface area contributed by atoms with Crippen molar-refractivity contribution in [1.29, 1.82) is 0 Å². The van der Waals surface area contributed by atoms with E-state index < -0.39 is 11.7 Å². The highest BCUT2D eigenvalue weighted by Gasteiger charge is 2.35. The largest absolute Gasteiger partial charge is 0.412 e. The standard InChI is InChI=1S/C29H41F3N2O/c1-3-4-5-6-10-13-28(35)34-27-17-16-25(19-26(27)22-11-8-7-9-12-22)33-20-23-14-15-24(18-21(23)2)29(30,31)32/h14-17,19,21-22,33H,3-13,18,20H2,1-2H3,(H,34,35). The molecule has 3 rings (SSSR count). The molecule has 0 bridgehead atoms. The van der Waals surface area contributed by atoms with E-state index in [-0.39, 0.29) is 18.2 Å². The summed E-state index contributed by atoms with van der Waals surface area (Å²) in [6, 6.07) is 6.09. The number of alkyl halides is 3. The number of amides is 1. The van der Waals surface area contributed by atoms with Crippen molar-refractivity contribution in [2.75, 3.05) is 17.2 Å². The van der Waals surface area contributed by atoms with Gasteiger partial charge < -0.3 is 10.6 Å². The molecule has 2 N–H and O–H groups in total. The van der Waals surface area contributed by atoms with Crippen LogP contribution in [-0.4, -0.2) is 18.6 Å². The molecule has 2 aliphatic carbocycles. The summed E-state index contributed by atoms with van der Waals surface area (Å²) >= 11 is 0. The fourth-order valence-electron chi connectivity index (χ4n) is 5.19. The fourth-order valence-corrected chi connectivity index (χ4v) is 5.19. The maximum absolute atomic E-state index is 13.0. The molecule has 0 spiro atoms. The summed E-state index contributed by atoms with van der Waals surface area (Å²) in [5.41, 5.74) is 3.54. The third kappa shape index (κ3) is 8.43. The Hall–Kier alpha value is -2.24. The Morgan fingerprint density at radius 3 is 2.46 bits per heavy atom. The average molecular weight is 491 g/mol. The highest BCUT2D eigenvalue weighted by Crippen LogP contribution is 2.39. The first kappa shape index (κ1) is 27.3. The number of benzene rings is 1. The molecule has 0 heterocycles. The van der Waals surface area contributed by atoms with E-state index in [0.29, 0.717) is 18.9 Å². The molecule has 0 aliphatic heterocycles. The van der Waals surface area contributed by atoms with Crippen molar-refractivity contribution in [1.82, 2.24) is 0 Å². The van der Waals surface area contributed by atoms with Gasteiger partial charge in [0.05, 0.1) is 0 Å². The molecule has 2 aliphatic rings. The molecule has 194 valence electrons. The van der Waals surface area contributed by atoms with Gasteiger partial charge in [-0.2, -0.15) is 13.2 Å². The molecule has 6 heteroatoms. The van der Waals surface area contributed by atoms with Crippen LogP contribution in [0.15, 0.2) is 41.5 Å². The molecule has 0 saturated heterocycles. The first-order valence-corrected chi connectivity index (χ1v) is 13.4. The highest BCUT2D eigenvalue weighted by molar-refractivity contribution is 5.92. The molecule has 1 aromatic rings.